The van der Waals surface area contributed by atoms with E-state index in [2.05, 4.69) is 34.6 Å². The fraction of sp³-hybridized carbons (Fsp3) is 0.565. The third-order valence-corrected chi connectivity index (χ3v) is 12.9. The number of nitrogens with one attached hydrogen (secondary N) is 2. The van der Waals surface area contributed by atoms with Gasteiger partial charge in [0.05, 0.1) is 25.2 Å². The van der Waals surface area contributed by atoms with Gasteiger partial charge < -0.3 is 39.5 Å². The number of H-pyrrole nitrogens is 1. The van der Waals surface area contributed by atoms with Crippen LogP contribution in [0.2, 0.25) is 0 Å². The minimum absolute atomic E-state index is 0.00478. The SMILES string of the molecule is CO[C@H]1[C@H]2O[PH](=S)OC[C@]34C[C@@]5(O[C@H](C35)[C@H](n3cnc5c(N)ncnc53)O4)S(=O)(=O)NC[C@H]1O[C@H]2n1cnc2c(=O)[nH]c(N)nc21. The number of fused-ring (bicyclic) bond motifs is 7. The van der Waals surface area contributed by atoms with Gasteiger partial charge in [-0.15, -0.1) is 0 Å². The highest BCUT2D eigenvalue weighted by molar-refractivity contribution is 8.00. The molecule has 9 heterocycles. The van der Waals surface area contributed by atoms with Crippen LogP contribution in [0.4, 0.5) is 11.8 Å². The van der Waals surface area contributed by atoms with Crippen LogP contribution in [0.3, 0.4) is 0 Å². The Balaban J connectivity index is 1.07. The van der Waals surface area contributed by atoms with Crippen LogP contribution in [0.1, 0.15) is 18.9 Å². The Labute approximate surface area is 263 Å². The van der Waals surface area contributed by atoms with E-state index in [1.54, 1.807) is 4.57 Å². The predicted octanol–water partition coefficient (Wildman–Crippen LogP) is -1.74. The molecule has 5 saturated heterocycles. The number of anilines is 2. The van der Waals surface area contributed by atoms with E-state index >= 15 is 0 Å². The maximum absolute atomic E-state index is 14.0. The third-order valence-electron chi connectivity index (χ3n) is 9.43. The van der Waals surface area contributed by atoms with Crippen molar-refractivity contribution in [3.05, 3.63) is 29.3 Å². The van der Waals surface area contributed by atoms with Gasteiger partial charge in [-0.25, -0.2) is 33.1 Å². The Hall–Kier alpha value is -3.18. The molecule has 10 rings (SSSR count). The van der Waals surface area contributed by atoms with E-state index in [-0.39, 0.29) is 42.5 Å². The number of nitrogens with zero attached hydrogens (tertiary/aromatic N) is 7. The maximum Gasteiger partial charge on any atom is 0.280 e. The molecule has 6 fully saturated rings. The van der Waals surface area contributed by atoms with Gasteiger partial charge in [-0.1, -0.05) is 0 Å². The second-order valence-corrected chi connectivity index (χ2v) is 15.7. The first-order chi connectivity index (χ1) is 22.1. The summed E-state index contributed by atoms with van der Waals surface area (Å²) in [5.74, 6) is -0.523. The lowest BCUT2D eigenvalue weighted by Crippen LogP contribution is -2.81. The predicted molar refractivity (Wildman–Crippen MR) is 159 cm³/mol. The first-order valence-electron chi connectivity index (χ1n) is 14.1. The molecule has 1 aliphatic carbocycles. The minimum Gasteiger partial charge on any atom is -0.382 e. The zero-order chi connectivity index (χ0) is 31.7. The van der Waals surface area contributed by atoms with E-state index < -0.39 is 76.1 Å². The summed E-state index contributed by atoms with van der Waals surface area (Å²) < 4.78 is 71.1. The van der Waals surface area contributed by atoms with E-state index in [1.165, 1.54) is 30.7 Å². The van der Waals surface area contributed by atoms with Crippen molar-refractivity contribution in [2.24, 2.45) is 5.92 Å². The summed E-state index contributed by atoms with van der Waals surface area (Å²) in [6.45, 7) is -0.254. The zero-order valence-electron chi connectivity index (χ0n) is 23.7. The molecule has 0 radical (unpaired) electrons. The number of aromatic amines is 1. The molecule has 6 aliphatic rings. The van der Waals surface area contributed by atoms with Gasteiger partial charge in [-0.3, -0.25) is 18.9 Å². The second kappa shape index (κ2) is 9.69. The van der Waals surface area contributed by atoms with Crippen molar-refractivity contribution in [3.63, 3.8) is 0 Å². The molecule has 5 aliphatic heterocycles. The van der Waals surface area contributed by atoms with E-state index in [1.807, 2.05) is 0 Å². The number of rotatable bonds is 3. The number of hydrogen-bond donors (Lipinski definition) is 4. The van der Waals surface area contributed by atoms with E-state index in [9.17, 15) is 13.2 Å². The molecule has 1 saturated carbocycles. The molecule has 0 amide bonds. The summed E-state index contributed by atoms with van der Waals surface area (Å²) in [4.78, 5) is 34.3. The van der Waals surface area contributed by atoms with Crippen LogP contribution in [0.15, 0.2) is 23.8 Å². The topological polar surface area (TPSA) is 261 Å². The molecule has 10 atom stereocenters. The van der Waals surface area contributed by atoms with Crippen LogP contribution in [0.25, 0.3) is 22.3 Å². The van der Waals surface area contributed by atoms with Crippen molar-refractivity contribution >= 4 is 63.1 Å². The molecule has 4 aromatic heterocycles. The van der Waals surface area contributed by atoms with Gasteiger partial charge in [0.1, 0.15) is 41.9 Å². The minimum atomic E-state index is -4.12. The molecule has 4 bridgehead atoms. The Bertz CT molecular complexity index is 2130. The van der Waals surface area contributed by atoms with Crippen LogP contribution in [-0.4, -0.2) is 103 Å². The van der Waals surface area contributed by atoms with Crippen LogP contribution in [0.5, 0.6) is 0 Å². The standard InChI is InChI=1S/C23H26N11O9PS2/c1-38-11-8-2-30-46(36,37)23-3-22(14(23)13(41-23)20(42-22)33-6-28-9-15(24)26-5-27-16(9)33)4-39-44(45)43-12(11)19(40-8)34-7-29-10-17(34)31-21(25)32-18(10)35/h5-8,11-14,19-20,30,44H,2-4H2,1H3,(H2,24,26,27)(H3,25,31,32,35)/t8-,11-,12-,13-,14?,19-,20-,22-,23-/m1/s1. The van der Waals surface area contributed by atoms with Gasteiger partial charge >= 0.3 is 0 Å². The number of nitrogen functional groups attached to an aromatic ring is 2. The number of imidazole rings is 2. The summed E-state index contributed by atoms with van der Waals surface area (Å²) in [7, 11) is -5.14. The average Bonchev–Trinajstić information content (AvgIpc) is 3.72. The third kappa shape index (κ3) is 3.72. The fourth-order valence-corrected chi connectivity index (χ4v) is 10.9. The van der Waals surface area contributed by atoms with Crippen LogP contribution in [0, 0.1) is 5.92 Å². The fourth-order valence-electron chi connectivity index (χ4n) is 7.49. The zero-order valence-corrected chi connectivity index (χ0v) is 26.3. The summed E-state index contributed by atoms with van der Waals surface area (Å²) >= 11 is 5.70. The molecule has 20 nitrogen and oxygen atoms in total. The highest BCUT2D eigenvalue weighted by Gasteiger charge is 2.86. The highest BCUT2D eigenvalue weighted by atomic mass is 32.4. The summed E-state index contributed by atoms with van der Waals surface area (Å²) in [5, 5.41) is 0. The number of sulfonamides is 1. The highest BCUT2D eigenvalue weighted by Crippen LogP contribution is 2.71. The molecule has 244 valence electrons. The molecule has 23 heteroatoms. The number of methoxy groups -OCH3 is 1. The molecule has 46 heavy (non-hydrogen) atoms. The second-order valence-electron chi connectivity index (χ2n) is 11.7. The maximum atomic E-state index is 14.0. The van der Waals surface area contributed by atoms with Crippen molar-refractivity contribution in [2.45, 2.75) is 53.8 Å². The van der Waals surface area contributed by atoms with Crippen molar-refractivity contribution < 1.29 is 36.4 Å². The molecule has 0 aromatic carbocycles. The first-order valence-corrected chi connectivity index (χ1v) is 18.0. The molecule has 2 unspecified atom stereocenters. The van der Waals surface area contributed by atoms with E-state index in [0.29, 0.717) is 11.2 Å². The number of ether oxygens (including phenoxy) is 4. The van der Waals surface area contributed by atoms with Gasteiger partial charge in [0, 0.05) is 20.1 Å². The number of aromatic nitrogens is 8. The lowest BCUT2D eigenvalue weighted by atomic mass is 9.61. The lowest BCUT2D eigenvalue weighted by molar-refractivity contribution is -0.298. The van der Waals surface area contributed by atoms with Crippen LogP contribution >= 0.6 is 7.15 Å². The van der Waals surface area contributed by atoms with Crippen molar-refractivity contribution in [1.82, 2.24) is 43.8 Å². The lowest BCUT2D eigenvalue weighted by Gasteiger charge is -2.64. The van der Waals surface area contributed by atoms with Gasteiger partial charge in [-0.2, -0.15) is 4.98 Å². The van der Waals surface area contributed by atoms with Crippen molar-refractivity contribution in [2.75, 3.05) is 31.7 Å². The normalized spacial score (nSPS) is 39.6. The summed E-state index contributed by atoms with van der Waals surface area (Å²) in [6.07, 6.45) is -0.798. The largest absolute Gasteiger partial charge is 0.382 e. The Morgan fingerprint density at radius 2 is 1.87 bits per heavy atom. The van der Waals surface area contributed by atoms with Gasteiger partial charge in [-0.05, 0) is 11.8 Å². The first kappa shape index (κ1) is 29.0. The van der Waals surface area contributed by atoms with Crippen LogP contribution < -0.4 is 21.7 Å². The number of hydrogen-bond acceptors (Lipinski definition) is 17. The molecular formula is C23H26N11O9PS2. The Morgan fingerprint density at radius 3 is 2.67 bits per heavy atom. The average molecular weight is 696 g/mol. The van der Waals surface area contributed by atoms with E-state index in [0.717, 1.165) is 0 Å². The van der Waals surface area contributed by atoms with Gasteiger partial charge in [0.25, 0.3) is 5.56 Å². The van der Waals surface area contributed by atoms with Gasteiger partial charge in [0.2, 0.25) is 16.0 Å². The monoisotopic (exact) mass is 695 g/mol. The summed E-state index contributed by atoms with van der Waals surface area (Å²) in [5.41, 5.74) is 11.2. The van der Waals surface area contributed by atoms with Gasteiger partial charge in [0.15, 0.2) is 47.2 Å². The van der Waals surface area contributed by atoms with Crippen LogP contribution in [-0.2, 0) is 49.8 Å². The Morgan fingerprint density at radius 1 is 1.09 bits per heavy atom. The number of nitrogens with two attached hydrogens (primary N) is 2. The Kier molecular flexibility index (Phi) is 6.11. The summed E-state index contributed by atoms with van der Waals surface area (Å²) in [6, 6.07) is 0. The van der Waals surface area contributed by atoms with Crippen molar-refractivity contribution in [1.29, 1.82) is 0 Å². The molecule has 6 N–H and O–H groups in total. The quantitative estimate of drug-likeness (QED) is 0.173. The van der Waals surface area contributed by atoms with E-state index in [4.69, 9.17) is 51.3 Å². The van der Waals surface area contributed by atoms with Crippen molar-refractivity contribution in [3.8, 4) is 0 Å². The smallest absolute Gasteiger partial charge is 0.280 e. The molecular weight excluding hydrogens is 669 g/mol. The molecule has 2 spiro atoms. The molecule has 4 aromatic rings.